The first-order valence-corrected chi connectivity index (χ1v) is 7.36. The number of ether oxygens (including phenoxy) is 3. The fraction of sp³-hybridized carbons (Fsp3) is 0.294. The maximum Gasteiger partial charge on any atom is 0.328 e. The van der Waals surface area contributed by atoms with Crippen LogP contribution in [0.2, 0.25) is 0 Å². The second-order valence-corrected chi connectivity index (χ2v) is 5.52. The lowest BCUT2D eigenvalue weighted by molar-refractivity contribution is 0.0927. The third-order valence-electron chi connectivity index (χ3n) is 3.12. The highest BCUT2D eigenvalue weighted by atomic mass is 16.5. The first-order chi connectivity index (χ1) is 11.9. The average Bonchev–Trinajstić information content (AvgIpc) is 2.61. The number of hydrogen-bond acceptors (Lipinski definition) is 7. The minimum atomic E-state index is -1.01. The number of para-hydroxylation sites is 1. The Morgan fingerprint density at radius 1 is 1.16 bits per heavy atom. The molecule has 0 radical (unpaired) electrons. The molecule has 0 unspecified atom stereocenters. The third kappa shape index (κ3) is 4.57. The lowest BCUT2D eigenvalue weighted by Crippen LogP contribution is -2.42. The highest BCUT2D eigenvalue weighted by molar-refractivity contribution is 5.97. The van der Waals surface area contributed by atoms with Gasteiger partial charge in [0.05, 0.1) is 31.9 Å². The third-order valence-corrected chi connectivity index (χ3v) is 3.12. The zero-order valence-electron chi connectivity index (χ0n) is 14.4. The summed E-state index contributed by atoms with van der Waals surface area (Å²) in [6.45, 7) is 3.20. The highest BCUT2D eigenvalue weighted by Crippen LogP contribution is 2.26. The fourth-order valence-electron chi connectivity index (χ4n) is 1.86. The molecule has 1 aromatic carbocycles. The van der Waals surface area contributed by atoms with Crippen molar-refractivity contribution >= 4 is 5.91 Å². The van der Waals surface area contributed by atoms with E-state index in [1.54, 1.807) is 38.1 Å². The van der Waals surface area contributed by atoms with E-state index in [9.17, 15) is 4.79 Å². The summed E-state index contributed by atoms with van der Waals surface area (Å²) < 4.78 is 15.8. The molecule has 1 aromatic heterocycles. The topological polar surface area (TPSA) is 106 Å². The number of aromatic nitrogens is 2. The van der Waals surface area contributed by atoms with Gasteiger partial charge in [-0.1, -0.05) is 12.1 Å². The molecule has 8 nitrogen and oxygen atoms in total. The number of methoxy groups -OCH3 is 2. The molecule has 2 aromatic rings. The molecule has 0 aliphatic heterocycles. The largest absolute Gasteiger partial charge is 0.481 e. The van der Waals surface area contributed by atoms with E-state index in [4.69, 9.17) is 19.5 Å². The van der Waals surface area contributed by atoms with Crippen molar-refractivity contribution in [2.75, 3.05) is 14.2 Å². The van der Waals surface area contributed by atoms with Gasteiger partial charge in [-0.2, -0.15) is 15.2 Å². The zero-order valence-corrected chi connectivity index (χ0v) is 14.4. The van der Waals surface area contributed by atoms with Gasteiger partial charge in [0.1, 0.15) is 11.3 Å². The molecule has 0 aliphatic carbocycles. The van der Waals surface area contributed by atoms with Crippen LogP contribution in [-0.2, 0) is 0 Å². The molecule has 0 bridgehead atoms. The molecule has 1 amide bonds. The van der Waals surface area contributed by atoms with E-state index < -0.39 is 11.4 Å². The van der Waals surface area contributed by atoms with Gasteiger partial charge in [-0.05, 0) is 26.0 Å². The van der Waals surface area contributed by atoms with Gasteiger partial charge in [0, 0.05) is 0 Å². The van der Waals surface area contributed by atoms with Crippen LogP contribution in [0.3, 0.4) is 0 Å². The molecular formula is C17H18N4O4. The first kappa shape index (κ1) is 18.0. The van der Waals surface area contributed by atoms with Gasteiger partial charge in [0.2, 0.25) is 11.8 Å². The molecule has 130 valence electrons. The van der Waals surface area contributed by atoms with Gasteiger partial charge >= 0.3 is 6.01 Å². The van der Waals surface area contributed by atoms with Crippen LogP contribution in [-0.4, -0.2) is 35.6 Å². The smallest absolute Gasteiger partial charge is 0.328 e. The maximum atomic E-state index is 12.4. The van der Waals surface area contributed by atoms with Gasteiger partial charge in [-0.3, -0.25) is 4.79 Å². The van der Waals surface area contributed by atoms with E-state index >= 15 is 0 Å². The first-order valence-electron chi connectivity index (χ1n) is 7.36. The predicted octanol–water partition coefficient (Wildman–Crippen LogP) is 2.32. The van der Waals surface area contributed by atoms with E-state index in [0.717, 1.165) is 0 Å². The van der Waals surface area contributed by atoms with Crippen molar-refractivity contribution in [3.8, 4) is 29.6 Å². The Labute approximate surface area is 145 Å². The molecule has 8 heteroatoms. The van der Waals surface area contributed by atoms with Crippen LogP contribution >= 0.6 is 0 Å². The minimum absolute atomic E-state index is 0.0315. The van der Waals surface area contributed by atoms with Crippen molar-refractivity contribution in [2.24, 2.45) is 0 Å². The van der Waals surface area contributed by atoms with Crippen LogP contribution in [0.5, 0.6) is 23.5 Å². The number of amides is 1. The Morgan fingerprint density at radius 3 is 2.32 bits per heavy atom. The highest BCUT2D eigenvalue weighted by Gasteiger charge is 2.23. The lowest BCUT2D eigenvalue weighted by Gasteiger charge is -2.18. The summed E-state index contributed by atoms with van der Waals surface area (Å²) in [7, 11) is 2.91. The number of nitrogens with one attached hydrogen (secondary N) is 1. The molecule has 25 heavy (non-hydrogen) atoms. The van der Waals surface area contributed by atoms with E-state index in [1.165, 1.54) is 20.3 Å². The maximum absolute atomic E-state index is 12.4. The van der Waals surface area contributed by atoms with Crippen LogP contribution in [0, 0.1) is 11.3 Å². The number of rotatable bonds is 6. The zero-order chi connectivity index (χ0) is 18.4. The van der Waals surface area contributed by atoms with E-state index in [0.29, 0.717) is 0 Å². The number of nitriles is 1. The predicted molar refractivity (Wildman–Crippen MR) is 88.8 cm³/mol. The van der Waals surface area contributed by atoms with Gasteiger partial charge < -0.3 is 19.5 Å². The Balaban J connectivity index is 2.33. The molecule has 0 saturated heterocycles. The summed E-state index contributed by atoms with van der Waals surface area (Å²) in [6, 6.07) is 10.1. The van der Waals surface area contributed by atoms with Crippen molar-refractivity contribution in [3.63, 3.8) is 0 Å². The van der Waals surface area contributed by atoms with Gasteiger partial charge in [-0.15, -0.1) is 0 Å². The second-order valence-electron chi connectivity index (χ2n) is 5.52. The summed E-state index contributed by atoms with van der Waals surface area (Å²) in [4.78, 5) is 20.6. The molecule has 1 N–H and O–H groups in total. The van der Waals surface area contributed by atoms with Crippen LogP contribution in [0.1, 0.15) is 24.2 Å². The van der Waals surface area contributed by atoms with Gasteiger partial charge in [-0.25, -0.2) is 0 Å². The average molecular weight is 342 g/mol. The van der Waals surface area contributed by atoms with Gasteiger partial charge in [0.25, 0.3) is 5.91 Å². The number of carbonyl (C=O) groups excluding carboxylic acids is 1. The minimum Gasteiger partial charge on any atom is -0.481 e. The fourth-order valence-corrected chi connectivity index (χ4v) is 1.86. The number of benzene rings is 1. The molecular weight excluding hydrogens is 324 g/mol. The molecule has 2 rings (SSSR count). The van der Waals surface area contributed by atoms with Gasteiger partial charge in [0.15, 0.2) is 0 Å². The molecule has 0 atom stereocenters. The lowest BCUT2D eigenvalue weighted by atomic mass is 10.1. The molecule has 0 fully saturated rings. The molecule has 0 aliphatic rings. The second kappa shape index (κ2) is 7.49. The normalized spacial score (nSPS) is 10.5. The monoisotopic (exact) mass is 342 g/mol. The Bertz CT molecular complexity index is 792. The Morgan fingerprint density at radius 2 is 1.76 bits per heavy atom. The van der Waals surface area contributed by atoms with E-state index in [1.807, 2.05) is 6.07 Å². The number of nitrogens with zero attached hydrogens (tertiary/aromatic N) is 3. The van der Waals surface area contributed by atoms with Crippen molar-refractivity contribution in [1.29, 1.82) is 5.26 Å². The van der Waals surface area contributed by atoms with Crippen molar-refractivity contribution < 1.29 is 19.0 Å². The van der Waals surface area contributed by atoms with Crippen LogP contribution in [0.25, 0.3) is 0 Å². The van der Waals surface area contributed by atoms with Crippen LogP contribution in [0.4, 0.5) is 0 Å². The molecule has 0 saturated carbocycles. The quantitative estimate of drug-likeness (QED) is 0.858. The van der Waals surface area contributed by atoms with Crippen molar-refractivity contribution in [1.82, 2.24) is 15.3 Å². The summed E-state index contributed by atoms with van der Waals surface area (Å²) >= 11 is 0. The summed E-state index contributed by atoms with van der Waals surface area (Å²) in [5.74, 6) is 0.310. The Hall–Kier alpha value is -3.34. The summed E-state index contributed by atoms with van der Waals surface area (Å²) in [5, 5.41) is 11.7. The number of carbonyl (C=O) groups is 1. The SMILES string of the molecule is COc1cc(OC)nc(Oc2ccccc2C(=O)NC(C)(C)C#N)n1. The molecule has 1 heterocycles. The van der Waals surface area contributed by atoms with Crippen molar-refractivity contribution in [2.45, 2.75) is 19.4 Å². The number of hydrogen-bond donors (Lipinski definition) is 1. The standard InChI is InChI=1S/C17H18N4O4/c1-17(2,10-18)21-15(22)11-7-5-6-8-12(11)25-16-19-13(23-3)9-14(20-16)24-4/h5-9H,1-4H3,(H,21,22). The summed E-state index contributed by atoms with van der Waals surface area (Å²) in [6.07, 6.45) is 0. The molecule has 0 spiro atoms. The summed E-state index contributed by atoms with van der Waals surface area (Å²) in [5.41, 5.74) is -0.768. The van der Waals surface area contributed by atoms with Crippen molar-refractivity contribution in [3.05, 3.63) is 35.9 Å². The van der Waals surface area contributed by atoms with E-state index in [2.05, 4.69) is 15.3 Å². The van der Waals surface area contributed by atoms with Crippen LogP contribution < -0.4 is 19.5 Å². The van der Waals surface area contributed by atoms with E-state index in [-0.39, 0.29) is 29.1 Å². The Kier molecular flexibility index (Phi) is 5.39. The van der Waals surface area contributed by atoms with Crippen LogP contribution in [0.15, 0.2) is 30.3 Å².